The number of β-lactam (4-membered cyclic amide) rings is 1. The number of carbonyl (C=O) groups is 4. The molecule has 1 fully saturated rings. The Morgan fingerprint density at radius 2 is 2.13 bits per heavy atom. The highest BCUT2D eigenvalue weighted by Gasteiger charge is 2.54. The second-order valence-electron chi connectivity index (χ2n) is 7.65. The number of aliphatic carboxylic acids is 2. The average molecular weight is 598 g/mol. The predicted octanol–water partition coefficient (Wildman–Crippen LogP) is -1.45. The Morgan fingerprint density at radius 3 is 2.77 bits per heavy atom. The van der Waals surface area contributed by atoms with E-state index in [1.54, 1.807) is 0 Å². The Bertz CT molecular complexity index is 1400. The van der Waals surface area contributed by atoms with E-state index in [2.05, 4.69) is 37.6 Å². The lowest BCUT2D eigenvalue weighted by atomic mass is 10.0. The molecule has 20 heteroatoms. The molecular formula is C19H19N9O8S3. The van der Waals surface area contributed by atoms with Gasteiger partial charge in [-0.2, -0.15) is 0 Å². The molecule has 2 aliphatic heterocycles. The van der Waals surface area contributed by atoms with E-state index in [1.165, 1.54) is 21.8 Å². The number of carbonyl (C=O) groups excluding carboxylic acids is 2. The monoisotopic (exact) mass is 597 g/mol. The minimum absolute atomic E-state index is 0.0258. The standard InChI is InChI=1S/C19H19N9O8S3/c1-7(16(32)33)36-24-10(9-6-38-18(20)21-9)13(30)22-11-14(31)28-12(17(34)35)8(4-37-15(11)28)5-39-19-23-25-26-27(19)2-3-29/h6,11,15,29H,1-5H2,(H2,20,21)(H,22,30)(H,32,33)(H,34,35)/t11-,15+/m1/s1. The smallest absolute Gasteiger partial charge is 0.374 e. The van der Waals surface area contributed by atoms with Gasteiger partial charge in [-0.3, -0.25) is 14.5 Å². The number of oxime groups is 1. The van der Waals surface area contributed by atoms with Crippen molar-refractivity contribution in [2.24, 2.45) is 5.16 Å². The van der Waals surface area contributed by atoms with Gasteiger partial charge in [-0.1, -0.05) is 16.9 Å². The lowest BCUT2D eigenvalue weighted by molar-refractivity contribution is -0.150. The number of nitrogens with two attached hydrogens (primary N) is 1. The third kappa shape index (κ3) is 5.87. The normalized spacial score (nSPS) is 18.8. The molecule has 2 aromatic heterocycles. The van der Waals surface area contributed by atoms with Crippen molar-refractivity contribution in [2.45, 2.75) is 23.1 Å². The van der Waals surface area contributed by atoms with E-state index in [0.29, 0.717) is 10.7 Å². The van der Waals surface area contributed by atoms with Gasteiger partial charge in [0.15, 0.2) is 10.8 Å². The largest absolute Gasteiger partial charge is 0.477 e. The zero-order chi connectivity index (χ0) is 28.3. The molecule has 17 nitrogen and oxygen atoms in total. The molecule has 39 heavy (non-hydrogen) atoms. The van der Waals surface area contributed by atoms with E-state index in [1.807, 2.05) is 0 Å². The van der Waals surface area contributed by atoms with Crippen LogP contribution in [0.5, 0.6) is 0 Å². The first-order valence-electron chi connectivity index (χ1n) is 10.7. The Morgan fingerprint density at radius 1 is 1.36 bits per heavy atom. The Balaban J connectivity index is 1.50. The molecule has 0 unspecified atom stereocenters. The van der Waals surface area contributed by atoms with Gasteiger partial charge in [0.25, 0.3) is 11.8 Å². The number of thioether (sulfide) groups is 2. The average Bonchev–Trinajstić information content (AvgIpc) is 3.53. The number of rotatable bonds is 12. The molecule has 2 aliphatic rings. The van der Waals surface area contributed by atoms with Crippen molar-refractivity contribution in [1.29, 1.82) is 0 Å². The second kappa shape index (κ2) is 11.8. The van der Waals surface area contributed by atoms with E-state index in [-0.39, 0.29) is 41.2 Å². The number of hydrogen-bond donors (Lipinski definition) is 5. The first kappa shape index (κ1) is 28.0. The Kier molecular flexibility index (Phi) is 8.47. The van der Waals surface area contributed by atoms with Crippen LogP contribution >= 0.6 is 34.9 Å². The molecule has 0 saturated carbocycles. The lowest BCUT2D eigenvalue weighted by Gasteiger charge is -2.49. The number of hydrogen-bond acceptors (Lipinski definition) is 15. The molecule has 4 rings (SSSR count). The highest BCUT2D eigenvalue weighted by atomic mass is 32.2. The summed E-state index contributed by atoms with van der Waals surface area (Å²) in [5, 5.41) is 46.2. The van der Waals surface area contributed by atoms with E-state index >= 15 is 0 Å². The van der Waals surface area contributed by atoms with Gasteiger partial charge in [0, 0.05) is 16.9 Å². The highest BCUT2D eigenvalue weighted by molar-refractivity contribution is 8.01. The molecule has 206 valence electrons. The fourth-order valence-electron chi connectivity index (χ4n) is 3.43. The van der Waals surface area contributed by atoms with Crippen LogP contribution in [0.15, 0.2) is 39.3 Å². The topological polar surface area (TPSA) is 248 Å². The van der Waals surface area contributed by atoms with Crippen molar-refractivity contribution in [3.63, 3.8) is 0 Å². The van der Waals surface area contributed by atoms with Crippen LogP contribution in [0.1, 0.15) is 5.69 Å². The summed E-state index contributed by atoms with van der Waals surface area (Å²) in [5.41, 5.74) is 5.39. The summed E-state index contributed by atoms with van der Waals surface area (Å²) in [6.45, 7) is 3.14. The van der Waals surface area contributed by atoms with Crippen LogP contribution in [0.4, 0.5) is 5.13 Å². The Hall–Kier alpha value is -4.01. The van der Waals surface area contributed by atoms with E-state index in [4.69, 9.17) is 20.8 Å². The third-order valence-corrected chi connectivity index (χ3v) is 8.24. The molecule has 2 amide bonds. The maximum Gasteiger partial charge on any atom is 0.374 e. The number of carboxylic acids is 2. The summed E-state index contributed by atoms with van der Waals surface area (Å²) in [5.74, 6) is -4.77. The van der Waals surface area contributed by atoms with Crippen molar-refractivity contribution in [1.82, 2.24) is 35.4 Å². The summed E-state index contributed by atoms with van der Waals surface area (Å²) in [6.07, 6.45) is 0. The minimum atomic E-state index is -1.51. The number of aliphatic hydroxyl groups excluding tert-OH is 1. The molecule has 4 heterocycles. The summed E-state index contributed by atoms with van der Waals surface area (Å²) in [7, 11) is 0. The van der Waals surface area contributed by atoms with Crippen LogP contribution in [0.2, 0.25) is 0 Å². The first-order chi connectivity index (χ1) is 18.6. The fourth-order valence-corrected chi connectivity index (χ4v) is 6.37. The van der Waals surface area contributed by atoms with Crippen LogP contribution in [0.3, 0.4) is 0 Å². The van der Waals surface area contributed by atoms with Crippen molar-refractivity contribution in [2.75, 3.05) is 23.8 Å². The van der Waals surface area contributed by atoms with Gasteiger partial charge in [0.05, 0.1) is 13.2 Å². The van der Waals surface area contributed by atoms with Gasteiger partial charge in [0.1, 0.15) is 22.8 Å². The molecule has 0 radical (unpaired) electrons. The molecule has 6 N–H and O–H groups in total. The Labute approximate surface area is 230 Å². The van der Waals surface area contributed by atoms with Crippen molar-refractivity contribution in [3.8, 4) is 0 Å². The maximum absolute atomic E-state index is 13.0. The number of fused-ring (bicyclic) bond motifs is 1. The number of nitrogens with one attached hydrogen (secondary N) is 1. The molecule has 2 aromatic rings. The SMILES string of the molecule is C=C(ON=C(C(=O)N[C@@H]1C(=O)N2C(C(=O)O)=C(CSc3nnnn3CCO)CS[C@@H]12)c1csc(N)n1)C(=O)O. The van der Waals surface area contributed by atoms with Crippen molar-refractivity contribution in [3.05, 3.63) is 34.7 Å². The van der Waals surface area contributed by atoms with Gasteiger partial charge < -0.3 is 31.2 Å². The fraction of sp³-hybridized carbons (Fsp3) is 0.316. The van der Waals surface area contributed by atoms with Gasteiger partial charge in [-0.15, -0.1) is 28.2 Å². The maximum atomic E-state index is 13.0. The molecule has 1 saturated heterocycles. The molecule has 0 bridgehead atoms. The number of thiazole rings is 1. The number of tetrazole rings is 1. The van der Waals surface area contributed by atoms with Gasteiger partial charge >= 0.3 is 11.9 Å². The van der Waals surface area contributed by atoms with Gasteiger partial charge in [-0.05, 0) is 22.6 Å². The quantitative estimate of drug-likeness (QED) is 0.0469. The summed E-state index contributed by atoms with van der Waals surface area (Å²) in [4.78, 5) is 58.9. The molecule has 0 aromatic carbocycles. The molecule has 0 aliphatic carbocycles. The van der Waals surface area contributed by atoms with Gasteiger partial charge in [0.2, 0.25) is 10.9 Å². The number of nitrogen functional groups attached to an aromatic ring is 1. The molecule has 2 atom stereocenters. The lowest BCUT2D eigenvalue weighted by Crippen LogP contribution is -2.71. The first-order valence-corrected chi connectivity index (χ1v) is 13.6. The van der Waals surface area contributed by atoms with E-state index in [9.17, 15) is 24.3 Å². The van der Waals surface area contributed by atoms with Crippen LogP contribution in [0, 0.1) is 0 Å². The van der Waals surface area contributed by atoms with E-state index < -0.39 is 46.6 Å². The number of anilines is 1. The van der Waals surface area contributed by atoms with E-state index in [0.717, 1.165) is 28.0 Å². The van der Waals surface area contributed by atoms with Crippen LogP contribution < -0.4 is 11.1 Å². The highest BCUT2D eigenvalue weighted by Crippen LogP contribution is 2.41. The van der Waals surface area contributed by atoms with Crippen molar-refractivity contribution < 1.29 is 39.3 Å². The number of aromatic nitrogens is 5. The second-order valence-corrected chi connectivity index (χ2v) is 10.6. The number of carboxylic acid groups (broad SMARTS) is 2. The summed E-state index contributed by atoms with van der Waals surface area (Å²) < 4.78 is 1.37. The number of nitrogens with zero attached hydrogens (tertiary/aromatic N) is 7. The van der Waals surface area contributed by atoms with Crippen LogP contribution in [0.25, 0.3) is 0 Å². The van der Waals surface area contributed by atoms with Gasteiger partial charge in [-0.25, -0.2) is 19.3 Å². The van der Waals surface area contributed by atoms with Crippen LogP contribution in [-0.4, -0.2) is 104 Å². The van der Waals surface area contributed by atoms with Crippen LogP contribution in [-0.2, 0) is 30.6 Å². The zero-order valence-electron chi connectivity index (χ0n) is 19.6. The number of amides is 2. The minimum Gasteiger partial charge on any atom is -0.477 e. The predicted molar refractivity (Wildman–Crippen MR) is 136 cm³/mol. The van der Waals surface area contributed by atoms with Crippen molar-refractivity contribution >= 4 is 69.5 Å². The zero-order valence-corrected chi connectivity index (χ0v) is 22.0. The number of aliphatic hydroxyl groups is 1. The summed E-state index contributed by atoms with van der Waals surface area (Å²) >= 11 is 3.39. The summed E-state index contributed by atoms with van der Waals surface area (Å²) in [6, 6.07) is -1.10. The third-order valence-electron chi connectivity index (χ3n) is 5.19. The molecular weight excluding hydrogens is 578 g/mol. The molecule has 0 spiro atoms.